The van der Waals surface area contributed by atoms with Crippen LogP contribution >= 0.6 is 27.3 Å². The molecule has 1 aliphatic heterocycles. The summed E-state index contributed by atoms with van der Waals surface area (Å²) in [6.07, 6.45) is 8.72. The molecule has 0 atom stereocenters. The lowest BCUT2D eigenvalue weighted by atomic mass is 9.94. The first-order valence-electron chi connectivity index (χ1n) is 11.7. The van der Waals surface area contributed by atoms with E-state index >= 15 is 0 Å². The molecular formula is C24H29BrN6OS. The minimum Gasteiger partial charge on any atom is -0.347 e. The fourth-order valence-electron chi connectivity index (χ4n) is 4.81. The lowest BCUT2D eigenvalue weighted by Crippen LogP contribution is -2.50. The second kappa shape index (κ2) is 10.4. The van der Waals surface area contributed by atoms with Crippen molar-refractivity contribution in [3.8, 4) is 5.13 Å². The summed E-state index contributed by atoms with van der Waals surface area (Å²) in [6.45, 7) is 4.61. The molecule has 1 saturated carbocycles. The summed E-state index contributed by atoms with van der Waals surface area (Å²) in [5, 5.41) is 13.5. The van der Waals surface area contributed by atoms with Crippen molar-refractivity contribution in [1.29, 1.82) is 0 Å². The highest BCUT2D eigenvalue weighted by molar-refractivity contribution is 9.10. The number of carbonyl (C=O) groups excluding carboxylic acids is 1. The number of rotatable bonds is 6. The Hall–Kier alpha value is -2.23. The molecule has 0 radical (unpaired) electrons. The molecule has 0 unspecified atom stereocenters. The molecule has 0 bridgehead atoms. The summed E-state index contributed by atoms with van der Waals surface area (Å²) in [5.41, 5.74) is 1.61. The Bertz CT molecular complexity index is 1080. The van der Waals surface area contributed by atoms with E-state index < -0.39 is 0 Å². The number of carbonyl (C=O) groups is 1. The predicted octanol–water partition coefficient (Wildman–Crippen LogP) is 4.48. The Morgan fingerprint density at radius 2 is 1.82 bits per heavy atom. The highest BCUT2D eigenvalue weighted by atomic mass is 79.9. The van der Waals surface area contributed by atoms with E-state index in [4.69, 9.17) is 0 Å². The molecule has 2 aromatic heterocycles. The van der Waals surface area contributed by atoms with Gasteiger partial charge in [0.2, 0.25) is 10.3 Å². The van der Waals surface area contributed by atoms with Crippen molar-refractivity contribution in [3.05, 3.63) is 58.3 Å². The number of nitrogens with zero attached hydrogens (tertiary/aromatic N) is 5. The van der Waals surface area contributed by atoms with Gasteiger partial charge in [-0.15, -0.1) is 10.2 Å². The molecule has 174 valence electrons. The second-order valence-electron chi connectivity index (χ2n) is 8.76. The van der Waals surface area contributed by atoms with Gasteiger partial charge in [0.25, 0.3) is 5.91 Å². The van der Waals surface area contributed by atoms with Crippen molar-refractivity contribution in [1.82, 2.24) is 25.0 Å². The van der Waals surface area contributed by atoms with Crippen LogP contribution in [-0.2, 0) is 6.54 Å². The normalized spacial score (nSPS) is 17.9. The summed E-state index contributed by atoms with van der Waals surface area (Å²) in [7, 11) is 0. The molecule has 0 spiro atoms. The van der Waals surface area contributed by atoms with Gasteiger partial charge in [0, 0.05) is 49.4 Å². The standard InChI is InChI=1S/C24H29BrN6OS/c25-19-7-4-6-18(16-19)17-26-22(32)21-10-5-11-31(21)24-28-27-23(33-24)30-14-12-29(13-15-30)20-8-2-1-3-9-20/h4-7,10-11,16,20H,1-3,8-9,12-15,17H2,(H,26,32). The van der Waals surface area contributed by atoms with Gasteiger partial charge in [-0.2, -0.15) is 0 Å². The zero-order valence-corrected chi connectivity index (χ0v) is 21.0. The van der Waals surface area contributed by atoms with E-state index in [0.29, 0.717) is 12.2 Å². The van der Waals surface area contributed by atoms with Gasteiger partial charge in [-0.25, -0.2) is 0 Å². The predicted molar refractivity (Wildman–Crippen MR) is 135 cm³/mol. The molecule has 2 aliphatic rings. The first-order valence-corrected chi connectivity index (χ1v) is 13.3. The average molecular weight is 530 g/mol. The molecule has 7 nitrogen and oxygen atoms in total. The van der Waals surface area contributed by atoms with Gasteiger partial charge in [0.1, 0.15) is 5.69 Å². The molecule has 33 heavy (non-hydrogen) atoms. The zero-order chi connectivity index (χ0) is 22.6. The van der Waals surface area contributed by atoms with E-state index in [1.807, 2.05) is 47.2 Å². The fourth-order valence-corrected chi connectivity index (χ4v) is 6.15. The van der Waals surface area contributed by atoms with Gasteiger partial charge in [-0.3, -0.25) is 14.3 Å². The van der Waals surface area contributed by atoms with E-state index in [2.05, 4.69) is 41.2 Å². The Labute approximate surface area is 206 Å². The number of hydrogen-bond donors (Lipinski definition) is 1. The number of anilines is 1. The van der Waals surface area contributed by atoms with Crippen LogP contribution in [-0.4, -0.2) is 57.8 Å². The maximum Gasteiger partial charge on any atom is 0.268 e. The van der Waals surface area contributed by atoms with Crippen LogP contribution < -0.4 is 10.2 Å². The third kappa shape index (κ3) is 5.31. The Morgan fingerprint density at radius 1 is 1.03 bits per heavy atom. The van der Waals surface area contributed by atoms with Crippen molar-refractivity contribution in [3.63, 3.8) is 0 Å². The fraction of sp³-hybridized carbons (Fsp3) is 0.458. The number of nitrogens with one attached hydrogen (secondary N) is 1. The molecule has 3 heterocycles. The maximum absolute atomic E-state index is 12.8. The SMILES string of the molecule is O=C(NCc1cccc(Br)c1)c1cccn1-c1nnc(N2CCN(C3CCCCC3)CC2)s1. The smallest absolute Gasteiger partial charge is 0.268 e. The van der Waals surface area contributed by atoms with Gasteiger partial charge < -0.3 is 10.2 Å². The van der Waals surface area contributed by atoms with Crippen molar-refractivity contribution >= 4 is 38.3 Å². The highest BCUT2D eigenvalue weighted by Gasteiger charge is 2.27. The quantitative estimate of drug-likeness (QED) is 0.511. The van der Waals surface area contributed by atoms with Crippen LogP contribution in [0, 0.1) is 0 Å². The first kappa shape index (κ1) is 22.6. The lowest BCUT2D eigenvalue weighted by molar-refractivity contribution is 0.0944. The van der Waals surface area contributed by atoms with Crippen LogP contribution in [0.15, 0.2) is 47.1 Å². The number of benzene rings is 1. The molecule has 3 aromatic rings. The average Bonchev–Trinajstić information content (AvgIpc) is 3.53. The van der Waals surface area contributed by atoms with E-state index in [-0.39, 0.29) is 5.91 Å². The lowest BCUT2D eigenvalue weighted by Gasteiger charge is -2.40. The molecule has 1 saturated heterocycles. The Morgan fingerprint density at radius 3 is 2.61 bits per heavy atom. The van der Waals surface area contributed by atoms with E-state index in [1.54, 1.807) is 11.3 Å². The van der Waals surface area contributed by atoms with Crippen LogP contribution in [0.2, 0.25) is 0 Å². The van der Waals surface area contributed by atoms with Gasteiger partial charge in [-0.1, -0.05) is 58.7 Å². The van der Waals surface area contributed by atoms with Gasteiger partial charge in [0.15, 0.2) is 0 Å². The first-order chi connectivity index (χ1) is 16.2. The summed E-state index contributed by atoms with van der Waals surface area (Å²) < 4.78 is 2.83. The van der Waals surface area contributed by atoms with Gasteiger partial charge >= 0.3 is 0 Å². The summed E-state index contributed by atoms with van der Waals surface area (Å²) in [5.74, 6) is -0.127. The third-order valence-corrected chi connectivity index (χ3v) is 8.09. The van der Waals surface area contributed by atoms with Gasteiger partial charge in [0.05, 0.1) is 0 Å². The monoisotopic (exact) mass is 528 g/mol. The molecule has 5 rings (SSSR count). The van der Waals surface area contributed by atoms with E-state index in [1.165, 1.54) is 32.1 Å². The second-order valence-corrected chi connectivity index (χ2v) is 10.6. The number of piperazine rings is 1. The summed E-state index contributed by atoms with van der Waals surface area (Å²) in [4.78, 5) is 17.8. The molecule has 1 aromatic carbocycles. The van der Waals surface area contributed by atoms with Crippen LogP contribution in [0.1, 0.15) is 48.2 Å². The summed E-state index contributed by atoms with van der Waals surface area (Å²) in [6, 6.07) is 12.4. The molecule has 2 fully saturated rings. The zero-order valence-electron chi connectivity index (χ0n) is 18.6. The van der Waals surface area contributed by atoms with Crippen LogP contribution in [0.5, 0.6) is 0 Å². The Kier molecular flexibility index (Phi) is 7.08. The molecule has 9 heteroatoms. The topological polar surface area (TPSA) is 66.3 Å². The largest absolute Gasteiger partial charge is 0.347 e. The number of hydrogen-bond acceptors (Lipinski definition) is 6. The van der Waals surface area contributed by atoms with Crippen LogP contribution in [0.3, 0.4) is 0 Å². The van der Waals surface area contributed by atoms with Crippen molar-refractivity contribution in [2.45, 2.75) is 44.7 Å². The van der Waals surface area contributed by atoms with Gasteiger partial charge in [-0.05, 0) is 42.7 Å². The van der Waals surface area contributed by atoms with Crippen molar-refractivity contribution in [2.75, 3.05) is 31.1 Å². The Balaban J connectivity index is 1.21. The minimum absolute atomic E-state index is 0.127. The molecule has 1 N–H and O–H groups in total. The third-order valence-electron chi connectivity index (χ3n) is 6.61. The van der Waals surface area contributed by atoms with Crippen molar-refractivity contribution < 1.29 is 4.79 Å². The van der Waals surface area contributed by atoms with E-state index in [9.17, 15) is 4.79 Å². The highest BCUT2D eigenvalue weighted by Crippen LogP contribution is 2.28. The number of aromatic nitrogens is 3. The molecular weight excluding hydrogens is 500 g/mol. The minimum atomic E-state index is -0.127. The molecule has 1 amide bonds. The summed E-state index contributed by atoms with van der Waals surface area (Å²) >= 11 is 5.02. The number of halogens is 1. The van der Waals surface area contributed by atoms with Crippen LogP contribution in [0.25, 0.3) is 5.13 Å². The molecule has 1 aliphatic carbocycles. The van der Waals surface area contributed by atoms with Crippen molar-refractivity contribution in [2.24, 2.45) is 0 Å². The van der Waals surface area contributed by atoms with Crippen LogP contribution in [0.4, 0.5) is 5.13 Å². The maximum atomic E-state index is 12.8. The number of amides is 1. The van der Waals surface area contributed by atoms with E-state index in [0.717, 1.165) is 52.5 Å².